The number of ether oxygens (including phenoxy) is 2. The van der Waals surface area contributed by atoms with Crippen molar-refractivity contribution in [1.29, 1.82) is 0 Å². The summed E-state index contributed by atoms with van der Waals surface area (Å²) in [5.74, 6) is 1.10. The third-order valence-corrected chi connectivity index (χ3v) is 5.14. The van der Waals surface area contributed by atoms with Gasteiger partial charge in [0, 0.05) is 25.7 Å². The zero-order valence-electron chi connectivity index (χ0n) is 17.9. The molecular weight excluding hydrogens is 406 g/mol. The summed E-state index contributed by atoms with van der Waals surface area (Å²) in [7, 11) is 0. The zero-order chi connectivity index (χ0) is 22.3. The van der Waals surface area contributed by atoms with Gasteiger partial charge in [-0.1, -0.05) is 30.3 Å². The molecule has 0 fully saturated rings. The Morgan fingerprint density at radius 1 is 1.12 bits per heavy atom. The molecule has 164 valence electrons. The second kappa shape index (κ2) is 9.96. The van der Waals surface area contributed by atoms with Crippen molar-refractivity contribution < 1.29 is 19.1 Å². The van der Waals surface area contributed by atoms with Crippen LogP contribution in [0.5, 0.6) is 11.5 Å². The Labute approximate surface area is 187 Å². The van der Waals surface area contributed by atoms with E-state index in [1.54, 1.807) is 18.0 Å². The lowest BCUT2D eigenvalue weighted by atomic mass is 10.1. The van der Waals surface area contributed by atoms with E-state index >= 15 is 0 Å². The number of nitrogens with one attached hydrogen (secondary N) is 1. The molecular formula is C25H25N3O4. The van der Waals surface area contributed by atoms with Crippen molar-refractivity contribution in [3.63, 3.8) is 0 Å². The minimum absolute atomic E-state index is 0.130. The van der Waals surface area contributed by atoms with Crippen molar-refractivity contribution in [3.05, 3.63) is 84.2 Å². The maximum absolute atomic E-state index is 12.5. The molecule has 7 nitrogen and oxygen atoms in total. The first kappa shape index (κ1) is 21.4. The highest BCUT2D eigenvalue weighted by Crippen LogP contribution is 2.33. The van der Waals surface area contributed by atoms with Crippen molar-refractivity contribution >= 4 is 17.5 Å². The van der Waals surface area contributed by atoms with E-state index in [0.717, 1.165) is 11.3 Å². The fourth-order valence-corrected chi connectivity index (χ4v) is 3.48. The molecule has 2 heterocycles. The van der Waals surface area contributed by atoms with Gasteiger partial charge >= 0.3 is 0 Å². The minimum atomic E-state index is -0.568. The van der Waals surface area contributed by atoms with E-state index in [-0.39, 0.29) is 18.2 Å². The van der Waals surface area contributed by atoms with E-state index in [0.29, 0.717) is 36.9 Å². The van der Waals surface area contributed by atoms with Gasteiger partial charge in [-0.2, -0.15) is 0 Å². The van der Waals surface area contributed by atoms with E-state index in [1.807, 2.05) is 66.7 Å². The molecule has 7 heteroatoms. The Bertz CT molecular complexity index is 1090. The second-order valence-electron chi connectivity index (χ2n) is 7.50. The summed E-state index contributed by atoms with van der Waals surface area (Å²) in [6, 6.07) is 20.6. The molecule has 0 saturated heterocycles. The van der Waals surface area contributed by atoms with Crippen LogP contribution in [0.15, 0.2) is 72.9 Å². The van der Waals surface area contributed by atoms with Crippen LogP contribution in [0, 0.1) is 0 Å². The summed E-state index contributed by atoms with van der Waals surface area (Å²) in [6.45, 7) is 2.77. The lowest BCUT2D eigenvalue weighted by Gasteiger charge is -2.32. The number of benzene rings is 2. The highest BCUT2D eigenvalue weighted by atomic mass is 16.5. The molecule has 0 saturated carbocycles. The molecule has 0 bridgehead atoms. The molecule has 0 aliphatic carbocycles. The number of nitrogens with zero attached hydrogens (tertiary/aromatic N) is 2. The number of amides is 2. The van der Waals surface area contributed by atoms with E-state index in [4.69, 9.17) is 9.47 Å². The standard InChI is InChI=1S/C25H25N3O4/c1-18-25(30)28(22-10-2-3-11-23(22)32-18)14-12-24(29)27-16-19-7-6-9-21(15-19)31-17-20-8-4-5-13-26-20/h2-11,13,15,18H,12,14,16-17H2,1H3,(H,27,29). The van der Waals surface area contributed by atoms with Crippen LogP contribution < -0.4 is 19.7 Å². The summed E-state index contributed by atoms with van der Waals surface area (Å²) in [4.78, 5) is 30.8. The number of para-hydroxylation sites is 2. The first-order chi connectivity index (χ1) is 15.6. The number of hydrogen-bond acceptors (Lipinski definition) is 5. The number of carbonyl (C=O) groups is 2. The zero-order valence-corrected chi connectivity index (χ0v) is 17.9. The fourth-order valence-electron chi connectivity index (χ4n) is 3.48. The fraction of sp³-hybridized carbons (Fsp3) is 0.240. The summed E-state index contributed by atoms with van der Waals surface area (Å²) < 4.78 is 11.4. The lowest BCUT2D eigenvalue weighted by Crippen LogP contribution is -2.45. The lowest BCUT2D eigenvalue weighted by molar-refractivity contribution is -0.125. The number of carbonyl (C=O) groups excluding carboxylic acids is 2. The molecule has 1 aliphatic rings. The molecule has 1 unspecified atom stereocenters. The number of anilines is 1. The van der Waals surface area contributed by atoms with E-state index in [1.165, 1.54) is 0 Å². The second-order valence-corrected chi connectivity index (χ2v) is 7.50. The molecule has 0 spiro atoms. The Balaban J connectivity index is 1.29. The summed E-state index contributed by atoms with van der Waals surface area (Å²) in [5, 5.41) is 2.91. The molecule has 4 rings (SSSR count). The van der Waals surface area contributed by atoms with Crippen LogP contribution in [0.2, 0.25) is 0 Å². The van der Waals surface area contributed by atoms with Crippen molar-refractivity contribution in [2.45, 2.75) is 32.6 Å². The average Bonchev–Trinajstić information content (AvgIpc) is 2.83. The molecule has 32 heavy (non-hydrogen) atoms. The van der Waals surface area contributed by atoms with Gasteiger partial charge in [0.25, 0.3) is 5.91 Å². The molecule has 3 aromatic rings. The normalized spacial score (nSPS) is 15.0. The number of rotatable bonds is 8. The largest absolute Gasteiger partial charge is 0.487 e. The molecule has 1 N–H and O–H groups in total. The molecule has 2 aromatic carbocycles. The number of aromatic nitrogens is 1. The summed E-state index contributed by atoms with van der Waals surface area (Å²) in [6.07, 6.45) is 1.36. The predicted octanol–water partition coefficient (Wildman–Crippen LogP) is 3.48. The SMILES string of the molecule is CC1Oc2ccccc2N(CCC(=O)NCc2cccc(OCc3ccccn3)c2)C1=O. The van der Waals surface area contributed by atoms with Crippen LogP contribution in [0.4, 0.5) is 5.69 Å². The van der Waals surface area contributed by atoms with Gasteiger partial charge in [0.2, 0.25) is 5.91 Å². The third kappa shape index (κ3) is 5.24. The van der Waals surface area contributed by atoms with Crippen LogP contribution in [0.1, 0.15) is 24.6 Å². The van der Waals surface area contributed by atoms with Crippen LogP contribution >= 0.6 is 0 Å². The third-order valence-electron chi connectivity index (χ3n) is 5.14. The van der Waals surface area contributed by atoms with Gasteiger partial charge in [-0.15, -0.1) is 0 Å². The van der Waals surface area contributed by atoms with Gasteiger partial charge < -0.3 is 19.7 Å². The van der Waals surface area contributed by atoms with Gasteiger partial charge in [-0.3, -0.25) is 14.6 Å². The quantitative estimate of drug-likeness (QED) is 0.591. The van der Waals surface area contributed by atoms with Gasteiger partial charge in [0.05, 0.1) is 11.4 Å². The Morgan fingerprint density at radius 2 is 1.97 bits per heavy atom. The van der Waals surface area contributed by atoms with Crippen molar-refractivity contribution in [1.82, 2.24) is 10.3 Å². The van der Waals surface area contributed by atoms with E-state index in [2.05, 4.69) is 10.3 Å². The van der Waals surface area contributed by atoms with E-state index < -0.39 is 6.10 Å². The monoisotopic (exact) mass is 431 g/mol. The first-order valence-corrected chi connectivity index (χ1v) is 10.6. The highest BCUT2D eigenvalue weighted by Gasteiger charge is 2.31. The topological polar surface area (TPSA) is 80.8 Å². The van der Waals surface area contributed by atoms with Gasteiger partial charge in [-0.05, 0) is 48.9 Å². The predicted molar refractivity (Wildman–Crippen MR) is 120 cm³/mol. The number of fused-ring (bicyclic) bond motifs is 1. The van der Waals surface area contributed by atoms with E-state index in [9.17, 15) is 9.59 Å². The maximum Gasteiger partial charge on any atom is 0.267 e. The Kier molecular flexibility index (Phi) is 6.65. The van der Waals surface area contributed by atoms with Crippen LogP contribution in [0.25, 0.3) is 0 Å². The average molecular weight is 431 g/mol. The van der Waals surface area contributed by atoms with Crippen molar-refractivity contribution in [2.24, 2.45) is 0 Å². The number of pyridine rings is 1. The van der Waals surface area contributed by atoms with Crippen LogP contribution in [-0.4, -0.2) is 29.4 Å². The number of hydrogen-bond donors (Lipinski definition) is 1. The van der Waals surface area contributed by atoms with Crippen molar-refractivity contribution in [2.75, 3.05) is 11.4 Å². The summed E-state index contributed by atoms with van der Waals surface area (Å²) >= 11 is 0. The van der Waals surface area contributed by atoms with Gasteiger partial charge in [0.1, 0.15) is 18.1 Å². The molecule has 1 aliphatic heterocycles. The van der Waals surface area contributed by atoms with Crippen molar-refractivity contribution in [3.8, 4) is 11.5 Å². The van der Waals surface area contributed by atoms with Crippen LogP contribution in [-0.2, 0) is 22.7 Å². The Morgan fingerprint density at radius 3 is 2.81 bits per heavy atom. The maximum atomic E-state index is 12.5. The van der Waals surface area contributed by atoms with Gasteiger partial charge in [-0.25, -0.2) is 0 Å². The smallest absolute Gasteiger partial charge is 0.267 e. The minimum Gasteiger partial charge on any atom is -0.487 e. The van der Waals surface area contributed by atoms with Gasteiger partial charge in [0.15, 0.2) is 6.10 Å². The molecule has 2 amide bonds. The highest BCUT2D eigenvalue weighted by molar-refractivity contribution is 6.00. The molecule has 1 aromatic heterocycles. The molecule has 0 radical (unpaired) electrons. The molecule has 1 atom stereocenters. The first-order valence-electron chi connectivity index (χ1n) is 10.6. The van der Waals surface area contributed by atoms with Crippen LogP contribution in [0.3, 0.4) is 0 Å². The Hall–Kier alpha value is -3.87. The summed E-state index contributed by atoms with van der Waals surface area (Å²) in [5.41, 5.74) is 2.47.